The quantitative estimate of drug-likeness (QED) is 0.770. The first-order valence-electron chi connectivity index (χ1n) is 4.07. The minimum absolute atomic E-state index is 0.777. The van der Waals surface area contributed by atoms with Crippen LogP contribution in [0.4, 0.5) is 0 Å². The van der Waals surface area contributed by atoms with Gasteiger partial charge in [-0.3, -0.25) is 0 Å². The molecule has 0 aliphatic heterocycles. The predicted octanol–water partition coefficient (Wildman–Crippen LogP) is 4.54. The van der Waals surface area contributed by atoms with Crippen LogP contribution in [0, 0.1) is 0 Å². The topological polar surface area (TPSA) is 0 Å². The van der Waals surface area contributed by atoms with Crippen LogP contribution in [0.1, 0.15) is 25.1 Å². The molecule has 68 valence electrons. The second-order valence-electron chi connectivity index (χ2n) is 2.72. The zero-order valence-corrected chi connectivity index (χ0v) is 10.6. The third-order valence-electron chi connectivity index (χ3n) is 1.76. The number of hydrogen-bond donors (Lipinski definition) is 0. The Kier molecular flexibility index (Phi) is 4.69. The molecule has 0 saturated carbocycles. The lowest BCUT2D eigenvalue weighted by molar-refractivity contribution is 0.905. The van der Waals surface area contributed by atoms with Crippen molar-refractivity contribution in [2.45, 2.75) is 31.3 Å². The summed E-state index contributed by atoms with van der Waals surface area (Å²) in [6.45, 7) is 4.52. The van der Waals surface area contributed by atoms with Gasteiger partial charge < -0.3 is 0 Å². The molecule has 0 aliphatic carbocycles. The van der Waals surface area contributed by atoms with E-state index in [1.165, 1.54) is 15.8 Å². The SMILES string of the molecule is CCC(C)SCc1sccc1Br. The van der Waals surface area contributed by atoms with E-state index in [-0.39, 0.29) is 0 Å². The first-order valence-corrected chi connectivity index (χ1v) is 6.79. The maximum Gasteiger partial charge on any atom is 0.0322 e. The van der Waals surface area contributed by atoms with Crippen LogP contribution in [-0.2, 0) is 5.75 Å². The van der Waals surface area contributed by atoms with Crippen LogP contribution in [0.25, 0.3) is 0 Å². The molecule has 1 atom stereocenters. The zero-order valence-electron chi connectivity index (χ0n) is 7.34. The van der Waals surface area contributed by atoms with E-state index >= 15 is 0 Å². The van der Waals surface area contributed by atoms with E-state index in [2.05, 4.69) is 41.2 Å². The highest BCUT2D eigenvalue weighted by Gasteiger charge is 2.04. The number of hydrogen-bond acceptors (Lipinski definition) is 2. The molecule has 0 fully saturated rings. The van der Waals surface area contributed by atoms with E-state index in [0.717, 1.165) is 11.0 Å². The molecular formula is C9H13BrS2. The van der Waals surface area contributed by atoms with E-state index in [0.29, 0.717) is 0 Å². The smallest absolute Gasteiger partial charge is 0.0322 e. The van der Waals surface area contributed by atoms with Crippen molar-refractivity contribution in [2.75, 3.05) is 0 Å². The molecule has 0 saturated heterocycles. The highest BCUT2D eigenvalue weighted by atomic mass is 79.9. The third kappa shape index (κ3) is 3.11. The standard InChI is InChI=1S/C9H13BrS2/c1-3-7(2)12-6-9-8(10)4-5-11-9/h4-5,7H,3,6H2,1-2H3. The first-order chi connectivity index (χ1) is 5.74. The molecule has 0 bridgehead atoms. The van der Waals surface area contributed by atoms with Crippen molar-refractivity contribution in [3.63, 3.8) is 0 Å². The largest absolute Gasteiger partial charge is 0.153 e. The van der Waals surface area contributed by atoms with Crippen LogP contribution < -0.4 is 0 Å². The molecule has 1 unspecified atom stereocenters. The van der Waals surface area contributed by atoms with Gasteiger partial charge in [0.05, 0.1) is 0 Å². The van der Waals surface area contributed by atoms with E-state index in [4.69, 9.17) is 0 Å². The highest BCUT2D eigenvalue weighted by molar-refractivity contribution is 9.10. The lowest BCUT2D eigenvalue weighted by Gasteiger charge is -2.06. The Hall–Kier alpha value is 0.530. The monoisotopic (exact) mass is 264 g/mol. The van der Waals surface area contributed by atoms with Crippen LogP contribution in [-0.4, -0.2) is 5.25 Å². The fourth-order valence-corrected chi connectivity index (χ4v) is 3.53. The number of rotatable bonds is 4. The molecule has 0 radical (unpaired) electrons. The van der Waals surface area contributed by atoms with Gasteiger partial charge in [0.15, 0.2) is 0 Å². The molecule has 1 rings (SSSR count). The molecule has 0 spiro atoms. The summed E-state index contributed by atoms with van der Waals surface area (Å²) in [6.07, 6.45) is 1.26. The predicted molar refractivity (Wildman–Crippen MR) is 63.1 cm³/mol. The fourth-order valence-electron chi connectivity index (χ4n) is 0.764. The van der Waals surface area contributed by atoms with Gasteiger partial charge in [-0.25, -0.2) is 0 Å². The van der Waals surface area contributed by atoms with Crippen LogP contribution in [0.2, 0.25) is 0 Å². The van der Waals surface area contributed by atoms with Crippen molar-refractivity contribution in [1.29, 1.82) is 0 Å². The minimum Gasteiger partial charge on any atom is -0.153 e. The summed E-state index contributed by atoms with van der Waals surface area (Å²) >= 11 is 7.40. The molecule has 0 amide bonds. The lowest BCUT2D eigenvalue weighted by atomic mass is 10.4. The summed E-state index contributed by atoms with van der Waals surface area (Å²) in [7, 11) is 0. The van der Waals surface area contributed by atoms with Crippen LogP contribution in [0.5, 0.6) is 0 Å². The van der Waals surface area contributed by atoms with Gasteiger partial charge in [0.25, 0.3) is 0 Å². The Morgan fingerprint density at radius 3 is 2.92 bits per heavy atom. The van der Waals surface area contributed by atoms with Gasteiger partial charge in [0.2, 0.25) is 0 Å². The van der Waals surface area contributed by atoms with Crippen LogP contribution in [0.3, 0.4) is 0 Å². The van der Waals surface area contributed by atoms with Crippen LogP contribution in [0.15, 0.2) is 15.9 Å². The zero-order chi connectivity index (χ0) is 8.97. The van der Waals surface area contributed by atoms with E-state index < -0.39 is 0 Å². The number of thioether (sulfide) groups is 1. The number of thiophene rings is 1. The molecule has 3 heteroatoms. The third-order valence-corrected chi connectivity index (χ3v) is 5.23. The van der Waals surface area contributed by atoms with Crippen molar-refractivity contribution in [3.8, 4) is 0 Å². The Bertz CT molecular complexity index is 232. The normalized spacial score (nSPS) is 13.2. The Morgan fingerprint density at radius 2 is 2.42 bits per heavy atom. The summed E-state index contributed by atoms with van der Waals surface area (Å²) in [4.78, 5) is 1.46. The van der Waals surface area contributed by atoms with Gasteiger partial charge in [-0.1, -0.05) is 13.8 Å². The van der Waals surface area contributed by atoms with E-state index in [9.17, 15) is 0 Å². The van der Waals surface area contributed by atoms with Gasteiger partial charge in [0.1, 0.15) is 0 Å². The average Bonchev–Trinajstić information content (AvgIpc) is 2.47. The maximum absolute atomic E-state index is 3.54. The summed E-state index contributed by atoms with van der Waals surface area (Å²) in [5.41, 5.74) is 0. The van der Waals surface area contributed by atoms with Crippen molar-refractivity contribution in [3.05, 3.63) is 20.8 Å². The average molecular weight is 265 g/mol. The van der Waals surface area contributed by atoms with E-state index in [1.807, 2.05) is 23.1 Å². The summed E-state index contributed by atoms with van der Waals surface area (Å²) in [5.74, 6) is 1.15. The molecule has 0 aliphatic rings. The van der Waals surface area contributed by atoms with Crippen molar-refractivity contribution in [2.24, 2.45) is 0 Å². The molecule has 1 aromatic rings. The van der Waals surface area contributed by atoms with Gasteiger partial charge in [-0.05, 0) is 33.8 Å². The second kappa shape index (κ2) is 5.30. The molecule has 1 aromatic heterocycles. The molecular weight excluding hydrogens is 252 g/mol. The fraction of sp³-hybridized carbons (Fsp3) is 0.556. The summed E-state index contributed by atoms with van der Waals surface area (Å²) in [6, 6.07) is 2.12. The van der Waals surface area contributed by atoms with Gasteiger partial charge >= 0.3 is 0 Å². The van der Waals surface area contributed by atoms with E-state index in [1.54, 1.807) is 0 Å². The lowest BCUT2D eigenvalue weighted by Crippen LogP contribution is -1.92. The van der Waals surface area contributed by atoms with Crippen molar-refractivity contribution < 1.29 is 0 Å². The van der Waals surface area contributed by atoms with Gasteiger partial charge in [-0.2, -0.15) is 11.8 Å². The van der Waals surface area contributed by atoms with Gasteiger partial charge in [0, 0.05) is 20.4 Å². The highest BCUT2D eigenvalue weighted by Crippen LogP contribution is 2.29. The minimum atomic E-state index is 0.777. The Balaban J connectivity index is 2.38. The molecule has 0 aromatic carbocycles. The Morgan fingerprint density at radius 1 is 1.67 bits per heavy atom. The van der Waals surface area contributed by atoms with Gasteiger partial charge in [-0.15, -0.1) is 11.3 Å². The molecule has 0 nitrogen and oxygen atoms in total. The molecule has 1 heterocycles. The number of halogens is 1. The van der Waals surface area contributed by atoms with Crippen LogP contribution >= 0.6 is 39.0 Å². The maximum atomic E-state index is 3.54. The first kappa shape index (κ1) is 10.6. The second-order valence-corrected chi connectivity index (χ2v) is 6.00. The molecule has 12 heavy (non-hydrogen) atoms. The summed E-state index contributed by atoms with van der Waals surface area (Å²) in [5, 5.41) is 2.91. The summed E-state index contributed by atoms with van der Waals surface area (Å²) < 4.78 is 1.27. The molecule has 0 N–H and O–H groups in total. The van der Waals surface area contributed by atoms with Crippen molar-refractivity contribution in [1.82, 2.24) is 0 Å². The van der Waals surface area contributed by atoms with Crippen molar-refractivity contribution >= 4 is 39.0 Å². The Labute approximate surface area is 90.9 Å².